The molecule has 3 rings (SSSR count). The summed E-state index contributed by atoms with van der Waals surface area (Å²) in [4.78, 5) is 6.53. The number of hydrogen-bond acceptors (Lipinski definition) is 3. The summed E-state index contributed by atoms with van der Waals surface area (Å²) in [6, 6.07) is 4.70. The fourth-order valence-corrected chi connectivity index (χ4v) is 2.95. The average Bonchev–Trinajstić information content (AvgIpc) is 3.03. The Hall–Kier alpha value is -0.560. The summed E-state index contributed by atoms with van der Waals surface area (Å²) in [5.74, 6) is 0.668. The smallest absolute Gasteiger partial charge is 0.193 e. The molecule has 3 nitrogen and oxygen atoms in total. The topological polar surface area (TPSA) is 27.6 Å². The predicted molar refractivity (Wildman–Crippen MR) is 90.7 cm³/mol. The van der Waals surface area contributed by atoms with Gasteiger partial charge in [0.2, 0.25) is 0 Å². The second kappa shape index (κ2) is 6.05. The van der Waals surface area contributed by atoms with Gasteiger partial charge in [0.25, 0.3) is 0 Å². The van der Waals surface area contributed by atoms with E-state index in [4.69, 9.17) is 11.6 Å². The van der Waals surface area contributed by atoms with Crippen LogP contribution in [0.3, 0.4) is 0 Å². The molecule has 2 aliphatic rings. The van der Waals surface area contributed by atoms with Crippen molar-refractivity contribution in [3.63, 3.8) is 0 Å². The summed E-state index contributed by atoms with van der Waals surface area (Å²) >= 11 is 6.17. The van der Waals surface area contributed by atoms with Crippen molar-refractivity contribution < 1.29 is 4.39 Å². The summed E-state index contributed by atoms with van der Waals surface area (Å²) in [6.45, 7) is 2.62. The van der Waals surface area contributed by atoms with Crippen LogP contribution in [0.5, 0.6) is 0 Å². The lowest BCUT2D eigenvalue weighted by Gasteiger charge is -2.21. The standard InChI is InChI=1S/C14H17ClFN3.HI/c1-19-7-6-17-13(19)18-9-14(4-5-14)11-3-2-10(16)8-12(11)15;/h2-3,8H,4-7,9H2,1H3,(H,17,18);1H. The van der Waals surface area contributed by atoms with Crippen LogP contribution in [0.4, 0.5) is 4.39 Å². The zero-order valence-corrected chi connectivity index (χ0v) is 14.4. The van der Waals surface area contributed by atoms with Gasteiger partial charge in [-0.15, -0.1) is 24.0 Å². The molecule has 0 amide bonds. The van der Waals surface area contributed by atoms with Gasteiger partial charge in [-0.1, -0.05) is 17.7 Å². The van der Waals surface area contributed by atoms with Gasteiger partial charge in [0.15, 0.2) is 5.96 Å². The Morgan fingerprint density at radius 1 is 1.45 bits per heavy atom. The number of halogens is 3. The highest BCUT2D eigenvalue weighted by molar-refractivity contribution is 14.0. The molecule has 1 aliphatic heterocycles. The van der Waals surface area contributed by atoms with Gasteiger partial charge in [0.05, 0.1) is 6.54 Å². The maximum Gasteiger partial charge on any atom is 0.193 e. The third-order valence-corrected chi connectivity index (χ3v) is 4.31. The van der Waals surface area contributed by atoms with E-state index in [2.05, 4.69) is 15.2 Å². The molecule has 0 aromatic heterocycles. The van der Waals surface area contributed by atoms with Crippen molar-refractivity contribution in [3.05, 3.63) is 34.6 Å². The second-order valence-electron chi connectivity index (χ2n) is 5.38. The lowest BCUT2D eigenvalue weighted by Crippen LogP contribution is -2.39. The highest BCUT2D eigenvalue weighted by Crippen LogP contribution is 2.50. The largest absolute Gasteiger partial charge is 0.355 e. The fourth-order valence-electron chi connectivity index (χ4n) is 2.58. The van der Waals surface area contributed by atoms with E-state index in [0.717, 1.165) is 44.0 Å². The molecule has 1 heterocycles. The third kappa shape index (κ3) is 3.03. The number of benzene rings is 1. The molecule has 1 N–H and O–H groups in total. The minimum absolute atomic E-state index is 0. The summed E-state index contributed by atoms with van der Waals surface area (Å²) in [5.41, 5.74) is 1.10. The molecule has 0 atom stereocenters. The highest BCUT2D eigenvalue weighted by Gasteiger charge is 2.45. The van der Waals surface area contributed by atoms with Gasteiger partial charge in [-0.3, -0.25) is 4.99 Å². The van der Waals surface area contributed by atoms with Crippen LogP contribution in [-0.4, -0.2) is 37.5 Å². The first-order valence-electron chi connectivity index (χ1n) is 6.56. The zero-order valence-electron chi connectivity index (χ0n) is 11.3. The molecule has 1 aromatic rings. The number of hydrogen-bond donors (Lipinski definition) is 1. The minimum Gasteiger partial charge on any atom is -0.355 e. The Labute approximate surface area is 140 Å². The Bertz CT molecular complexity index is 531. The number of nitrogens with zero attached hydrogens (tertiary/aromatic N) is 2. The quantitative estimate of drug-likeness (QED) is 0.777. The number of rotatable bonds is 3. The van der Waals surface area contributed by atoms with E-state index in [-0.39, 0.29) is 35.2 Å². The van der Waals surface area contributed by atoms with E-state index in [1.807, 2.05) is 13.1 Å². The molecule has 110 valence electrons. The van der Waals surface area contributed by atoms with Crippen LogP contribution in [0.25, 0.3) is 0 Å². The molecule has 0 bridgehead atoms. The SMILES string of the molecule is CN1CCN=C1NCC1(c2ccc(F)cc2Cl)CC1.I. The van der Waals surface area contributed by atoms with E-state index >= 15 is 0 Å². The zero-order chi connectivity index (χ0) is 13.5. The molecule has 1 aliphatic carbocycles. The van der Waals surface area contributed by atoms with E-state index in [9.17, 15) is 4.39 Å². The van der Waals surface area contributed by atoms with Crippen LogP contribution >= 0.6 is 35.6 Å². The predicted octanol–water partition coefficient (Wildman–Crippen LogP) is 3.02. The van der Waals surface area contributed by atoms with Crippen LogP contribution in [0, 0.1) is 5.82 Å². The molecule has 0 saturated heterocycles. The third-order valence-electron chi connectivity index (χ3n) is 4.00. The van der Waals surface area contributed by atoms with Gasteiger partial charge in [0, 0.05) is 30.6 Å². The van der Waals surface area contributed by atoms with Crippen LogP contribution < -0.4 is 5.32 Å². The fraction of sp³-hybridized carbons (Fsp3) is 0.500. The monoisotopic (exact) mass is 409 g/mol. The lowest BCUT2D eigenvalue weighted by molar-refractivity contribution is 0.523. The number of guanidine groups is 1. The van der Waals surface area contributed by atoms with E-state index in [1.165, 1.54) is 12.1 Å². The molecular weight excluding hydrogens is 392 g/mol. The maximum absolute atomic E-state index is 13.1. The van der Waals surface area contributed by atoms with E-state index < -0.39 is 0 Å². The van der Waals surface area contributed by atoms with Crippen molar-refractivity contribution >= 4 is 41.5 Å². The molecule has 0 spiro atoms. The molecule has 6 heteroatoms. The minimum atomic E-state index is -0.280. The molecule has 1 saturated carbocycles. The first-order valence-corrected chi connectivity index (χ1v) is 6.94. The van der Waals surface area contributed by atoms with Crippen molar-refractivity contribution in [2.75, 3.05) is 26.7 Å². The molecular formula is C14H18ClFIN3. The number of nitrogens with one attached hydrogen (secondary N) is 1. The van der Waals surface area contributed by atoms with Gasteiger partial charge < -0.3 is 10.2 Å². The molecule has 0 radical (unpaired) electrons. The van der Waals surface area contributed by atoms with Crippen LogP contribution in [0.15, 0.2) is 23.2 Å². The van der Waals surface area contributed by atoms with Crippen molar-refractivity contribution in [1.82, 2.24) is 10.2 Å². The number of aliphatic imine (C=N–C) groups is 1. The average molecular weight is 410 g/mol. The Balaban J connectivity index is 0.00000147. The van der Waals surface area contributed by atoms with Crippen LogP contribution in [-0.2, 0) is 5.41 Å². The summed E-state index contributed by atoms with van der Waals surface area (Å²) < 4.78 is 13.1. The summed E-state index contributed by atoms with van der Waals surface area (Å²) in [7, 11) is 2.03. The van der Waals surface area contributed by atoms with Gasteiger partial charge in [-0.25, -0.2) is 4.39 Å². The molecule has 1 aromatic carbocycles. The van der Waals surface area contributed by atoms with E-state index in [0.29, 0.717) is 5.02 Å². The normalized spacial score (nSPS) is 19.4. The van der Waals surface area contributed by atoms with Crippen molar-refractivity contribution in [2.45, 2.75) is 18.3 Å². The van der Waals surface area contributed by atoms with Crippen molar-refractivity contribution in [1.29, 1.82) is 0 Å². The van der Waals surface area contributed by atoms with Gasteiger partial charge >= 0.3 is 0 Å². The maximum atomic E-state index is 13.1. The van der Waals surface area contributed by atoms with Crippen LogP contribution in [0.1, 0.15) is 18.4 Å². The Morgan fingerprint density at radius 2 is 2.20 bits per heavy atom. The van der Waals surface area contributed by atoms with Gasteiger partial charge in [0.1, 0.15) is 5.82 Å². The summed E-state index contributed by atoms with van der Waals surface area (Å²) in [5, 5.41) is 3.93. The highest BCUT2D eigenvalue weighted by atomic mass is 127. The second-order valence-corrected chi connectivity index (χ2v) is 5.79. The van der Waals surface area contributed by atoms with Gasteiger partial charge in [-0.05, 0) is 30.5 Å². The Kier molecular flexibility index (Phi) is 4.79. The molecule has 0 unspecified atom stereocenters. The molecule has 20 heavy (non-hydrogen) atoms. The van der Waals surface area contributed by atoms with Crippen LogP contribution in [0.2, 0.25) is 5.02 Å². The number of likely N-dealkylation sites (N-methyl/N-ethyl adjacent to an activating group) is 1. The van der Waals surface area contributed by atoms with Crippen molar-refractivity contribution in [3.8, 4) is 0 Å². The van der Waals surface area contributed by atoms with Gasteiger partial charge in [-0.2, -0.15) is 0 Å². The summed E-state index contributed by atoms with van der Waals surface area (Å²) in [6.07, 6.45) is 2.17. The Morgan fingerprint density at radius 3 is 2.75 bits per heavy atom. The first kappa shape index (κ1) is 15.8. The van der Waals surface area contributed by atoms with Crippen molar-refractivity contribution in [2.24, 2.45) is 4.99 Å². The molecule has 1 fully saturated rings. The lowest BCUT2D eigenvalue weighted by atomic mass is 9.96. The first-order chi connectivity index (χ1) is 9.11. The van der Waals surface area contributed by atoms with E-state index in [1.54, 1.807) is 0 Å².